The highest BCUT2D eigenvalue weighted by Crippen LogP contribution is 2.21. The summed E-state index contributed by atoms with van der Waals surface area (Å²) in [5, 5.41) is 17.8. The molecular formula is C23H20N6O. The van der Waals surface area contributed by atoms with E-state index in [1.54, 1.807) is 16.9 Å². The summed E-state index contributed by atoms with van der Waals surface area (Å²) in [5.74, 6) is 0.183. The summed E-state index contributed by atoms with van der Waals surface area (Å²) in [6, 6.07) is 20.8. The van der Waals surface area contributed by atoms with Crippen molar-refractivity contribution >= 4 is 22.6 Å². The van der Waals surface area contributed by atoms with E-state index in [4.69, 9.17) is 5.73 Å². The van der Waals surface area contributed by atoms with Gasteiger partial charge in [0.15, 0.2) is 0 Å². The van der Waals surface area contributed by atoms with Crippen LogP contribution in [0.2, 0.25) is 0 Å². The molecule has 0 fully saturated rings. The largest absolute Gasteiger partial charge is 0.382 e. The highest BCUT2D eigenvalue weighted by molar-refractivity contribution is 5.97. The van der Waals surface area contributed by atoms with Gasteiger partial charge in [-0.2, -0.15) is 10.4 Å². The molecule has 0 spiro atoms. The van der Waals surface area contributed by atoms with Crippen molar-refractivity contribution in [2.24, 2.45) is 0 Å². The molecule has 0 saturated carbocycles. The molecule has 148 valence electrons. The van der Waals surface area contributed by atoms with Crippen LogP contribution in [0.15, 0.2) is 66.9 Å². The Morgan fingerprint density at radius 3 is 2.77 bits per heavy atom. The molecule has 4 aromatic rings. The molecule has 0 aliphatic rings. The van der Waals surface area contributed by atoms with Gasteiger partial charge < -0.3 is 11.1 Å². The standard InChI is InChI=1S/C23H20N6O/c24-15-19-21(28-29(22(19)25)18-7-2-1-3-8-18)9-5-13-27-23(30)17-10-11-20-16(14-17)6-4-12-26-20/h1-4,6-8,10-12,14H,5,9,13,25H2,(H,27,30). The topological polar surface area (TPSA) is 110 Å². The van der Waals surface area contributed by atoms with E-state index in [1.807, 2.05) is 54.6 Å². The van der Waals surface area contributed by atoms with Crippen LogP contribution in [0.3, 0.4) is 0 Å². The average molecular weight is 396 g/mol. The van der Waals surface area contributed by atoms with Gasteiger partial charge in [0.05, 0.1) is 16.9 Å². The molecule has 0 radical (unpaired) electrons. The Morgan fingerprint density at radius 1 is 1.13 bits per heavy atom. The SMILES string of the molecule is N#Cc1c(CCCNC(=O)c2ccc3ncccc3c2)nn(-c2ccccc2)c1N. The van der Waals surface area contributed by atoms with E-state index in [1.165, 1.54) is 0 Å². The van der Waals surface area contributed by atoms with Crippen LogP contribution in [-0.2, 0) is 6.42 Å². The van der Waals surface area contributed by atoms with Crippen LogP contribution >= 0.6 is 0 Å². The van der Waals surface area contributed by atoms with Crippen LogP contribution in [0, 0.1) is 11.3 Å². The molecule has 0 aliphatic heterocycles. The molecular weight excluding hydrogens is 376 g/mol. The first kappa shape index (κ1) is 19.2. The maximum absolute atomic E-state index is 12.4. The molecule has 0 atom stereocenters. The number of hydrogen-bond donors (Lipinski definition) is 2. The highest BCUT2D eigenvalue weighted by Gasteiger charge is 2.16. The van der Waals surface area contributed by atoms with E-state index in [9.17, 15) is 10.1 Å². The molecule has 2 heterocycles. The molecule has 3 N–H and O–H groups in total. The highest BCUT2D eigenvalue weighted by atomic mass is 16.1. The number of aromatic nitrogens is 3. The Labute approximate surface area is 173 Å². The number of hydrogen-bond acceptors (Lipinski definition) is 5. The molecule has 0 unspecified atom stereocenters. The lowest BCUT2D eigenvalue weighted by atomic mass is 10.1. The van der Waals surface area contributed by atoms with E-state index < -0.39 is 0 Å². The van der Waals surface area contributed by atoms with E-state index in [-0.39, 0.29) is 5.91 Å². The molecule has 2 aromatic heterocycles. The van der Waals surface area contributed by atoms with Gasteiger partial charge in [-0.15, -0.1) is 0 Å². The molecule has 4 rings (SSSR count). The molecule has 2 aromatic carbocycles. The summed E-state index contributed by atoms with van der Waals surface area (Å²) in [6.45, 7) is 0.465. The second kappa shape index (κ2) is 8.45. The third kappa shape index (κ3) is 3.84. The Balaban J connectivity index is 1.39. The van der Waals surface area contributed by atoms with Gasteiger partial charge in [-0.05, 0) is 49.2 Å². The lowest BCUT2D eigenvalue weighted by Gasteiger charge is -2.06. The van der Waals surface area contributed by atoms with Gasteiger partial charge in [-0.1, -0.05) is 24.3 Å². The number of nitrogens with one attached hydrogen (secondary N) is 1. The first-order valence-electron chi connectivity index (χ1n) is 9.63. The smallest absolute Gasteiger partial charge is 0.251 e. The van der Waals surface area contributed by atoms with Crippen molar-refractivity contribution in [3.8, 4) is 11.8 Å². The minimum absolute atomic E-state index is 0.143. The number of aryl methyl sites for hydroxylation is 1. The maximum Gasteiger partial charge on any atom is 0.251 e. The molecule has 7 heteroatoms. The molecule has 30 heavy (non-hydrogen) atoms. The molecule has 0 bridgehead atoms. The summed E-state index contributed by atoms with van der Waals surface area (Å²) in [6.07, 6.45) is 2.90. The average Bonchev–Trinajstić information content (AvgIpc) is 3.12. The lowest BCUT2D eigenvalue weighted by Crippen LogP contribution is -2.24. The number of carbonyl (C=O) groups is 1. The van der Waals surface area contributed by atoms with Gasteiger partial charge in [0, 0.05) is 23.7 Å². The van der Waals surface area contributed by atoms with Crippen molar-refractivity contribution in [2.75, 3.05) is 12.3 Å². The van der Waals surface area contributed by atoms with Crippen molar-refractivity contribution in [2.45, 2.75) is 12.8 Å². The summed E-state index contributed by atoms with van der Waals surface area (Å²) in [4.78, 5) is 16.7. The Bertz CT molecular complexity index is 1240. The number of anilines is 1. The van der Waals surface area contributed by atoms with Crippen LogP contribution in [-0.4, -0.2) is 27.2 Å². The van der Waals surface area contributed by atoms with Crippen LogP contribution in [0.25, 0.3) is 16.6 Å². The van der Waals surface area contributed by atoms with Gasteiger partial charge in [0.2, 0.25) is 0 Å². The van der Waals surface area contributed by atoms with Crippen LogP contribution < -0.4 is 11.1 Å². The first-order valence-corrected chi connectivity index (χ1v) is 9.63. The predicted molar refractivity (Wildman–Crippen MR) is 115 cm³/mol. The van der Waals surface area contributed by atoms with Crippen molar-refractivity contribution < 1.29 is 4.79 Å². The molecule has 0 saturated heterocycles. The summed E-state index contributed by atoms with van der Waals surface area (Å²) < 4.78 is 1.58. The lowest BCUT2D eigenvalue weighted by molar-refractivity contribution is 0.0953. The minimum Gasteiger partial charge on any atom is -0.382 e. The third-order valence-electron chi connectivity index (χ3n) is 4.85. The fourth-order valence-electron chi connectivity index (χ4n) is 3.32. The normalized spacial score (nSPS) is 10.6. The predicted octanol–water partition coefficient (Wildman–Crippen LogP) is 3.24. The van der Waals surface area contributed by atoms with Gasteiger partial charge >= 0.3 is 0 Å². The van der Waals surface area contributed by atoms with Crippen molar-refractivity contribution in [3.63, 3.8) is 0 Å². The number of carbonyl (C=O) groups excluding carboxylic acids is 1. The summed E-state index contributed by atoms with van der Waals surface area (Å²) in [5.41, 5.74) is 9.38. The first-order chi connectivity index (χ1) is 14.7. The molecule has 1 amide bonds. The molecule has 0 aliphatic carbocycles. The zero-order valence-corrected chi connectivity index (χ0v) is 16.2. The third-order valence-corrected chi connectivity index (χ3v) is 4.85. The number of rotatable bonds is 6. The summed E-state index contributed by atoms with van der Waals surface area (Å²) >= 11 is 0. The number of pyridine rings is 1. The number of benzene rings is 2. The number of fused-ring (bicyclic) bond motifs is 1. The van der Waals surface area contributed by atoms with E-state index in [2.05, 4.69) is 21.5 Å². The van der Waals surface area contributed by atoms with E-state index in [0.717, 1.165) is 16.6 Å². The number of para-hydroxylation sites is 1. The number of amides is 1. The fourth-order valence-corrected chi connectivity index (χ4v) is 3.32. The summed E-state index contributed by atoms with van der Waals surface area (Å²) in [7, 11) is 0. The van der Waals surface area contributed by atoms with Gasteiger partial charge in [-0.25, -0.2) is 4.68 Å². The fraction of sp³-hybridized carbons (Fsp3) is 0.130. The second-order valence-electron chi connectivity index (χ2n) is 6.84. The Kier molecular flexibility index (Phi) is 5.39. The van der Waals surface area contributed by atoms with Crippen LogP contribution in [0.5, 0.6) is 0 Å². The quantitative estimate of drug-likeness (QED) is 0.486. The number of nitriles is 1. The van der Waals surface area contributed by atoms with Crippen molar-refractivity contribution in [1.29, 1.82) is 5.26 Å². The van der Waals surface area contributed by atoms with Crippen LogP contribution in [0.1, 0.15) is 28.0 Å². The van der Waals surface area contributed by atoms with Crippen molar-refractivity contribution in [1.82, 2.24) is 20.1 Å². The zero-order chi connectivity index (χ0) is 20.9. The second-order valence-corrected chi connectivity index (χ2v) is 6.84. The van der Waals surface area contributed by atoms with Gasteiger partial charge in [-0.3, -0.25) is 9.78 Å². The Hall–Kier alpha value is -4.18. The minimum atomic E-state index is -0.143. The van der Waals surface area contributed by atoms with Gasteiger partial charge in [0.1, 0.15) is 17.5 Å². The molecule has 7 nitrogen and oxygen atoms in total. The monoisotopic (exact) mass is 396 g/mol. The van der Waals surface area contributed by atoms with E-state index >= 15 is 0 Å². The Morgan fingerprint density at radius 2 is 1.97 bits per heavy atom. The van der Waals surface area contributed by atoms with Crippen LogP contribution in [0.4, 0.5) is 5.82 Å². The van der Waals surface area contributed by atoms with Crippen molar-refractivity contribution in [3.05, 3.63) is 83.7 Å². The maximum atomic E-state index is 12.4. The number of nitrogens with zero attached hydrogens (tertiary/aromatic N) is 4. The number of nitrogen functional groups attached to an aromatic ring is 1. The van der Waals surface area contributed by atoms with E-state index in [0.29, 0.717) is 42.0 Å². The number of nitrogens with two attached hydrogens (primary N) is 1. The van der Waals surface area contributed by atoms with Gasteiger partial charge in [0.25, 0.3) is 5.91 Å². The zero-order valence-electron chi connectivity index (χ0n) is 16.2.